The van der Waals surface area contributed by atoms with Crippen molar-refractivity contribution in [1.29, 1.82) is 0 Å². The van der Waals surface area contributed by atoms with Crippen molar-refractivity contribution in [1.82, 2.24) is 14.8 Å². The summed E-state index contributed by atoms with van der Waals surface area (Å²) in [5, 5.41) is 6.93. The number of para-hydroxylation sites is 1. The van der Waals surface area contributed by atoms with Gasteiger partial charge in [-0.2, -0.15) is 5.10 Å². The normalized spacial score (nSPS) is 10.7. The third kappa shape index (κ3) is 3.35. The van der Waals surface area contributed by atoms with Crippen LogP contribution in [-0.4, -0.2) is 20.7 Å². The second-order valence-corrected chi connectivity index (χ2v) is 5.66. The third-order valence-electron chi connectivity index (χ3n) is 3.96. The Hall–Kier alpha value is -3.22. The number of carbonyl (C=O) groups is 1. The van der Waals surface area contributed by atoms with Gasteiger partial charge >= 0.3 is 0 Å². The smallest absolute Gasteiger partial charge is 0.229 e. The Bertz CT molecular complexity index is 991. The lowest BCUT2D eigenvalue weighted by Crippen LogP contribution is -2.20. The van der Waals surface area contributed by atoms with Crippen LogP contribution in [0.3, 0.4) is 0 Å². The number of hydrogen-bond donors (Lipinski definition) is 2. The number of aromatic nitrogens is 3. The molecule has 0 bridgehead atoms. The van der Waals surface area contributed by atoms with E-state index in [-0.39, 0.29) is 29.3 Å². The van der Waals surface area contributed by atoms with Crippen LogP contribution in [0.25, 0.3) is 5.69 Å². The Kier molecular flexibility index (Phi) is 4.47. The van der Waals surface area contributed by atoms with E-state index in [2.05, 4.69) is 15.4 Å². The lowest BCUT2D eigenvalue weighted by atomic mass is 10.1. The SMILES string of the molecule is Cc1nn(-c2ccccc2F)c(C)c1CC(=O)Nc1c[nH]ccc1=O. The number of carbonyl (C=O) groups excluding carboxylic acids is 1. The monoisotopic (exact) mass is 340 g/mol. The van der Waals surface area contributed by atoms with E-state index < -0.39 is 0 Å². The fourth-order valence-corrected chi connectivity index (χ4v) is 2.66. The largest absolute Gasteiger partial charge is 0.366 e. The summed E-state index contributed by atoms with van der Waals surface area (Å²) in [6.45, 7) is 3.55. The second kappa shape index (κ2) is 6.72. The molecular weight excluding hydrogens is 323 g/mol. The molecule has 2 heterocycles. The average molecular weight is 340 g/mol. The third-order valence-corrected chi connectivity index (χ3v) is 3.96. The van der Waals surface area contributed by atoms with Crippen LogP contribution in [0.4, 0.5) is 10.1 Å². The minimum absolute atomic E-state index is 0.0421. The van der Waals surface area contributed by atoms with E-state index in [1.807, 2.05) is 0 Å². The quantitative estimate of drug-likeness (QED) is 0.766. The van der Waals surface area contributed by atoms with Gasteiger partial charge in [-0.05, 0) is 26.0 Å². The molecule has 0 saturated carbocycles. The molecule has 0 saturated heterocycles. The van der Waals surface area contributed by atoms with Crippen LogP contribution >= 0.6 is 0 Å². The number of hydrogen-bond acceptors (Lipinski definition) is 3. The van der Waals surface area contributed by atoms with E-state index in [0.29, 0.717) is 22.6 Å². The number of aryl methyl sites for hydroxylation is 1. The minimum atomic E-state index is -0.389. The first kappa shape index (κ1) is 16.6. The van der Waals surface area contributed by atoms with Crippen molar-refractivity contribution >= 4 is 11.6 Å². The van der Waals surface area contributed by atoms with Crippen molar-refractivity contribution < 1.29 is 9.18 Å². The Balaban J connectivity index is 1.87. The molecule has 25 heavy (non-hydrogen) atoms. The van der Waals surface area contributed by atoms with Gasteiger partial charge in [-0.15, -0.1) is 0 Å². The summed E-state index contributed by atoms with van der Waals surface area (Å²) in [5.41, 5.74) is 2.26. The Labute approximate surface area is 143 Å². The lowest BCUT2D eigenvalue weighted by Gasteiger charge is -2.07. The van der Waals surface area contributed by atoms with Crippen molar-refractivity contribution in [2.75, 3.05) is 5.32 Å². The number of halogens is 1. The molecule has 0 spiro atoms. The number of nitrogens with zero attached hydrogens (tertiary/aromatic N) is 2. The van der Waals surface area contributed by atoms with E-state index in [1.165, 1.54) is 29.2 Å². The van der Waals surface area contributed by atoms with Crippen LogP contribution in [-0.2, 0) is 11.2 Å². The van der Waals surface area contributed by atoms with Crippen LogP contribution in [0, 0.1) is 19.7 Å². The molecule has 2 aromatic heterocycles. The molecule has 0 aliphatic heterocycles. The van der Waals surface area contributed by atoms with E-state index >= 15 is 0 Å². The van der Waals surface area contributed by atoms with Crippen molar-refractivity contribution in [2.24, 2.45) is 0 Å². The van der Waals surface area contributed by atoms with Crippen molar-refractivity contribution in [3.05, 3.63) is 75.7 Å². The highest BCUT2D eigenvalue weighted by atomic mass is 19.1. The summed E-state index contributed by atoms with van der Waals surface area (Å²) < 4.78 is 15.5. The highest BCUT2D eigenvalue weighted by Crippen LogP contribution is 2.20. The first-order valence-electron chi connectivity index (χ1n) is 7.74. The van der Waals surface area contributed by atoms with Gasteiger partial charge in [0.15, 0.2) is 0 Å². The number of amides is 1. The van der Waals surface area contributed by atoms with Gasteiger partial charge in [-0.25, -0.2) is 9.07 Å². The Morgan fingerprint density at radius 2 is 2.04 bits per heavy atom. The fourth-order valence-electron chi connectivity index (χ4n) is 2.66. The van der Waals surface area contributed by atoms with Crippen molar-refractivity contribution in [3.63, 3.8) is 0 Å². The number of aromatic amines is 1. The molecule has 1 aromatic carbocycles. The molecule has 3 aromatic rings. The molecular formula is C18H17FN4O2. The van der Waals surface area contributed by atoms with Crippen LogP contribution < -0.4 is 10.7 Å². The predicted molar refractivity (Wildman–Crippen MR) is 92.4 cm³/mol. The molecule has 0 radical (unpaired) electrons. The molecule has 0 aliphatic rings. The Morgan fingerprint density at radius 1 is 1.28 bits per heavy atom. The van der Waals surface area contributed by atoms with Crippen LogP contribution in [0.5, 0.6) is 0 Å². The van der Waals surface area contributed by atoms with Gasteiger partial charge in [0.1, 0.15) is 17.2 Å². The number of benzene rings is 1. The fraction of sp³-hybridized carbons (Fsp3) is 0.167. The molecule has 1 amide bonds. The van der Waals surface area contributed by atoms with E-state index in [1.54, 1.807) is 32.0 Å². The van der Waals surface area contributed by atoms with Gasteiger partial charge in [0, 0.05) is 29.7 Å². The summed E-state index contributed by atoms with van der Waals surface area (Å²) in [7, 11) is 0. The van der Waals surface area contributed by atoms with Gasteiger partial charge in [0.25, 0.3) is 0 Å². The van der Waals surface area contributed by atoms with Crippen LogP contribution in [0.15, 0.2) is 47.5 Å². The molecule has 6 nitrogen and oxygen atoms in total. The summed E-state index contributed by atoms with van der Waals surface area (Å²) in [4.78, 5) is 26.7. The summed E-state index contributed by atoms with van der Waals surface area (Å²) in [6.07, 6.45) is 2.97. The molecule has 128 valence electrons. The summed E-state index contributed by atoms with van der Waals surface area (Å²) in [6, 6.07) is 7.66. The first-order valence-corrected chi connectivity index (χ1v) is 7.74. The molecule has 0 atom stereocenters. The minimum Gasteiger partial charge on any atom is -0.366 e. The predicted octanol–water partition coefficient (Wildman–Crippen LogP) is 2.50. The van der Waals surface area contributed by atoms with Crippen LogP contribution in [0.2, 0.25) is 0 Å². The second-order valence-electron chi connectivity index (χ2n) is 5.66. The summed E-state index contributed by atoms with van der Waals surface area (Å²) in [5.74, 6) is -0.726. The highest BCUT2D eigenvalue weighted by Gasteiger charge is 2.18. The van der Waals surface area contributed by atoms with E-state index in [9.17, 15) is 14.0 Å². The number of H-pyrrole nitrogens is 1. The first-order chi connectivity index (χ1) is 12.0. The maximum absolute atomic E-state index is 14.0. The molecule has 3 rings (SSSR count). The zero-order chi connectivity index (χ0) is 18.0. The number of anilines is 1. The number of pyridine rings is 1. The lowest BCUT2D eigenvalue weighted by molar-refractivity contribution is -0.115. The summed E-state index contributed by atoms with van der Waals surface area (Å²) >= 11 is 0. The molecule has 0 unspecified atom stereocenters. The molecule has 0 fully saturated rings. The van der Waals surface area contributed by atoms with Gasteiger partial charge in [0.05, 0.1) is 12.1 Å². The van der Waals surface area contributed by atoms with Crippen molar-refractivity contribution in [3.8, 4) is 5.69 Å². The maximum Gasteiger partial charge on any atom is 0.229 e. The van der Waals surface area contributed by atoms with Crippen molar-refractivity contribution in [2.45, 2.75) is 20.3 Å². The van der Waals surface area contributed by atoms with E-state index in [4.69, 9.17) is 0 Å². The maximum atomic E-state index is 14.0. The standard InChI is InChI=1S/C18H17FN4O2/c1-11-13(9-18(25)21-15-10-20-8-7-17(15)24)12(2)23(22-11)16-6-4-3-5-14(16)19/h3-8,10H,9H2,1-2H3,(H,20,24)(H,21,25). The highest BCUT2D eigenvalue weighted by molar-refractivity contribution is 5.92. The average Bonchev–Trinajstić information content (AvgIpc) is 2.85. The number of rotatable bonds is 4. The zero-order valence-electron chi connectivity index (χ0n) is 13.8. The van der Waals surface area contributed by atoms with Gasteiger partial charge in [-0.1, -0.05) is 12.1 Å². The topological polar surface area (TPSA) is 79.8 Å². The molecule has 7 heteroatoms. The van der Waals surface area contributed by atoms with Gasteiger partial charge < -0.3 is 10.3 Å². The Morgan fingerprint density at radius 3 is 2.76 bits per heavy atom. The van der Waals surface area contributed by atoms with Gasteiger partial charge in [-0.3, -0.25) is 9.59 Å². The molecule has 0 aliphatic carbocycles. The van der Waals surface area contributed by atoms with Crippen LogP contribution in [0.1, 0.15) is 17.0 Å². The van der Waals surface area contributed by atoms with E-state index in [0.717, 1.165) is 0 Å². The molecule has 2 N–H and O–H groups in total. The zero-order valence-corrected chi connectivity index (χ0v) is 13.8. The van der Waals surface area contributed by atoms with Gasteiger partial charge in [0.2, 0.25) is 11.3 Å². The number of nitrogens with one attached hydrogen (secondary N) is 2.